The monoisotopic (exact) mass is 498 g/mol. The summed E-state index contributed by atoms with van der Waals surface area (Å²) in [5.74, 6) is 0.555. The Morgan fingerprint density at radius 3 is 2.81 bits per heavy atom. The van der Waals surface area contributed by atoms with Crippen LogP contribution < -0.4 is 10.7 Å². The van der Waals surface area contributed by atoms with E-state index in [1.165, 1.54) is 11.8 Å². The Morgan fingerprint density at radius 2 is 2.06 bits per heavy atom. The number of carbonyl (C=O) groups is 1. The van der Waals surface area contributed by atoms with Crippen molar-refractivity contribution in [1.29, 1.82) is 0 Å². The van der Waals surface area contributed by atoms with Crippen LogP contribution in [-0.2, 0) is 17.9 Å². The van der Waals surface area contributed by atoms with E-state index in [2.05, 4.69) is 48.6 Å². The molecule has 1 atom stereocenters. The SMILES string of the molecule is C=CCn1c(CNc2ccccc2)nnc1S[C@@H](C)C(=O)NN=Cc1cccc(Br)c1. The maximum atomic E-state index is 12.4. The summed E-state index contributed by atoms with van der Waals surface area (Å²) in [5.41, 5.74) is 4.47. The number of rotatable bonds is 10. The highest BCUT2D eigenvalue weighted by molar-refractivity contribution is 9.10. The van der Waals surface area contributed by atoms with Gasteiger partial charge in [-0.15, -0.1) is 16.8 Å². The number of anilines is 1. The molecular formula is C22H23BrN6OS. The van der Waals surface area contributed by atoms with E-state index in [4.69, 9.17) is 0 Å². The van der Waals surface area contributed by atoms with E-state index >= 15 is 0 Å². The highest BCUT2D eigenvalue weighted by Crippen LogP contribution is 2.23. The molecule has 31 heavy (non-hydrogen) atoms. The van der Waals surface area contributed by atoms with Gasteiger partial charge in [0.2, 0.25) is 0 Å². The molecule has 0 aliphatic rings. The second-order valence-electron chi connectivity index (χ2n) is 6.57. The molecule has 0 bridgehead atoms. The summed E-state index contributed by atoms with van der Waals surface area (Å²) >= 11 is 4.74. The number of amides is 1. The van der Waals surface area contributed by atoms with Gasteiger partial charge in [-0.05, 0) is 36.8 Å². The minimum atomic E-state index is -0.401. The van der Waals surface area contributed by atoms with Crippen molar-refractivity contribution in [3.63, 3.8) is 0 Å². The van der Waals surface area contributed by atoms with Crippen LogP contribution in [0.15, 0.2) is 82.0 Å². The van der Waals surface area contributed by atoms with Gasteiger partial charge in [0, 0.05) is 16.7 Å². The van der Waals surface area contributed by atoms with Crippen LogP contribution in [0.5, 0.6) is 0 Å². The molecule has 9 heteroatoms. The first-order valence-electron chi connectivity index (χ1n) is 9.64. The number of para-hydroxylation sites is 1. The lowest BCUT2D eigenvalue weighted by Gasteiger charge is -2.12. The first-order chi connectivity index (χ1) is 15.1. The number of thioether (sulfide) groups is 1. The highest BCUT2D eigenvalue weighted by Gasteiger charge is 2.19. The van der Waals surface area contributed by atoms with E-state index < -0.39 is 5.25 Å². The van der Waals surface area contributed by atoms with Crippen LogP contribution in [0.1, 0.15) is 18.3 Å². The van der Waals surface area contributed by atoms with E-state index in [-0.39, 0.29) is 5.91 Å². The lowest BCUT2D eigenvalue weighted by atomic mass is 10.2. The summed E-state index contributed by atoms with van der Waals surface area (Å²) in [7, 11) is 0. The van der Waals surface area contributed by atoms with Gasteiger partial charge in [0.05, 0.1) is 18.0 Å². The molecule has 0 aliphatic heterocycles. The molecule has 0 saturated heterocycles. The Hall–Kier alpha value is -2.91. The molecule has 1 aromatic heterocycles. The Labute approximate surface area is 194 Å². The second-order valence-corrected chi connectivity index (χ2v) is 8.79. The molecule has 160 valence electrons. The number of benzene rings is 2. The fraction of sp³-hybridized carbons (Fsp3) is 0.182. The molecule has 1 amide bonds. The van der Waals surface area contributed by atoms with Crippen LogP contribution in [0.25, 0.3) is 0 Å². The first-order valence-corrected chi connectivity index (χ1v) is 11.3. The fourth-order valence-electron chi connectivity index (χ4n) is 2.65. The Balaban J connectivity index is 1.60. The van der Waals surface area contributed by atoms with E-state index in [0.29, 0.717) is 18.2 Å². The van der Waals surface area contributed by atoms with Gasteiger partial charge in [0.1, 0.15) is 0 Å². The molecular weight excluding hydrogens is 476 g/mol. The Kier molecular flexibility index (Phi) is 8.43. The molecule has 3 aromatic rings. The van der Waals surface area contributed by atoms with Crippen molar-refractivity contribution in [1.82, 2.24) is 20.2 Å². The number of hydrogen-bond donors (Lipinski definition) is 2. The number of allylic oxidation sites excluding steroid dienone is 1. The molecule has 0 spiro atoms. The number of hydrazone groups is 1. The number of aromatic nitrogens is 3. The molecule has 0 radical (unpaired) electrons. The summed E-state index contributed by atoms with van der Waals surface area (Å²) in [6.45, 7) is 6.70. The van der Waals surface area contributed by atoms with Crippen molar-refractivity contribution >= 4 is 45.5 Å². The zero-order valence-electron chi connectivity index (χ0n) is 17.0. The summed E-state index contributed by atoms with van der Waals surface area (Å²) in [5, 5.41) is 16.2. The lowest BCUT2D eigenvalue weighted by molar-refractivity contribution is -0.120. The van der Waals surface area contributed by atoms with Gasteiger partial charge in [-0.1, -0.05) is 64.1 Å². The molecule has 2 aromatic carbocycles. The van der Waals surface area contributed by atoms with Crippen molar-refractivity contribution in [2.24, 2.45) is 5.10 Å². The predicted octanol–water partition coefficient (Wildman–Crippen LogP) is 4.47. The summed E-state index contributed by atoms with van der Waals surface area (Å²) in [6, 6.07) is 17.5. The number of halogens is 1. The third-order valence-electron chi connectivity index (χ3n) is 4.22. The van der Waals surface area contributed by atoms with Crippen LogP contribution in [0, 0.1) is 0 Å². The van der Waals surface area contributed by atoms with Crippen LogP contribution in [0.3, 0.4) is 0 Å². The van der Waals surface area contributed by atoms with Gasteiger partial charge < -0.3 is 9.88 Å². The molecule has 0 saturated carbocycles. The maximum Gasteiger partial charge on any atom is 0.253 e. The summed E-state index contributed by atoms with van der Waals surface area (Å²) in [6.07, 6.45) is 3.39. The van der Waals surface area contributed by atoms with E-state index in [9.17, 15) is 4.79 Å². The molecule has 3 rings (SSSR count). The van der Waals surface area contributed by atoms with Gasteiger partial charge >= 0.3 is 0 Å². The van der Waals surface area contributed by atoms with Crippen molar-refractivity contribution in [2.45, 2.75) is 30.4 Å². The predicted molar refractivity (Wildman–Crippen MR) is 129 cm³/mol. The number of carbonyl (C=O) groups excluding carboxylic acids is 1. The van der Waals surface area contributed by atoms with E-state index in [1.54, 1.807) is 12.3 Å². The molecule has 2 N–H and O–H groups in total. The molecule has 0 unspecified atom stereocenters. The van der Waals surface area contributed by atoms with Gasteiger partial charge in [-0.3, -0.25) is 4.79 Å². The zero-order valence-corrected chi connectivity index (χ0v) is 19.4. The quantitative estimate of drug-likeness (QED) is 0.186. The van der Waals surface area contributed by atoms with Crippen LogP contribution in [0.4, 0.5) is 5.69 Å². The molecule has 0 fully saturated rings. The Morgan fingerprint density at radius 1 is 1.26 bits per heavy atom. The van der Waals surface area contributed by atoms with Crippen molar-refractivity contribution in [3.05, 3.63) is 83.1 Å². The summed E-state index contributed by atoms with van der Waals surface area (Å²) < 4.78 is 2.90. The van der Waals surface area contributed by atoms with Crippen LogP contribution in [0.2, 0.25) is 0 Å². The van der Waals surface area contributed by atoms with Crippen molar-refractivity contribution in [3.8, 4) is 0 Å². The standard InChI is InChI=1S/C22H23BrN6OS/c1-3-12-29-20(15-24-19-10-5-4-6-11-19)26-28-22(29)31-16(2)21(30)27-25-14-17-8-7-9-18(23)13-17/h3-11,13-14,16,24H,1,12,15H2,2H3,(H,27,30)/t16-/m0/s1. The van der Waals surface area contributed by atoms with Crippen LogP contribution in [-0.4, -0.2) is 32.1 Å². The second kappa shape index (κ2) is 11.5. The highest BCUT2D eigenvalue weighted by atomic mass is 79.9. The Bertz CT molecular complexity index is 1050. The van der Waals surface area contributed by atoms with Crippen molar-refractivity contribution < 1.29 is 4.79 Å². The van der Waals surface area contributed by atoms with Crippen LogP contribution >= 0.6 is 27.7 Å². The largest absolute Gasteiger partial charge is 0.378 e. The molecule has 1 heterocycles. The fourth-order valence-corrected chi connectivity index (χ4v) is 3.93. The maximum absolute atomic E-state index is 12.4. The first kappa shape index (κ1) is 22.8. The third kappa shape index (κ3) is 6.80. The average Bonchev–Trinajstić information content (AvgIpc) is 3.14. The van der Waals surface area contributed by atoms with Gasteiger partial charge in [0.15, 0.2) is 11.0 Å². The van der Waals surface area contributed by atoms with Crippen molar-refractivity contribution in [2.75, 3.05) is 5.32 Å². The number of nitrogens with one attached hydrogen (secondary N) is 2. The van der Waals surface area contributed by atoms with E-state index in [0.717, 1.165) is 21.5 Å². The topological polar surface area (TPSA) is 84.2 Å². The van der Waals surface area contributed by atoms with E-state index in [1.807, 2.05) is 66.1 Å². The van der Waals surface area contributed by atoms with Gasteiger partial charge in [-0.2, -0.15) is 5.10 Å². The number of hydrogen-bond acceptors (Lipinski definition) is 6. The average molecular weight is 499 g/mol. The smallest absolute Gasteiger partial charge is 0.253 e. The lowest BCUT2D eigenvalue weighted by Crippen LogP contribution is -2.27. The molecule has 7 nitrogen and oxygen atoms in total. The minimum Gasteiger partial charge on any atom is -0.378 e. The summed E-state index contributed by atoms with van der Waals surface area (Å²) in [4.78, 5) is 12.4. The molecule has 0 aliphatic carbocycles. The third-order valence-corrected chi connectivity index (χ3v) is 5.79. The van der Waals surface area contributed by atoms with Gasteiger partial charge in [0.25, 0.3) is 5.91 Å². The van der Waals surface area contributed by atoms with Gasteiger partial charge in [-0.25, -0.2) is 5.43 Å². The normalized spacial score (nSPS) is 11.9. The number of nitrogens with zero attached hydrogens (tertiary/aromatic N) is 4. The zero-order chi connectivity index (χ0) is 22.1. The minimum absolute atomic E-state index is 0.214.